The molecule has 2 saturated carbocycles. The lowest BCUT2D eigenvalue weighted by Gasteiger charge is -2.64. The van der Waals surface area contributed by atoms with Gasteiger partial charge >= 0.3 is 0 Å². The van der Waals surface area contributed by atoms with E-state index in [0.29, 0.717) is 24.4 Å². The van der Waals surface area contributed by atoms with E-state index in [9.17, 15) is 15.0 Å². The van der Waals surface area contributed by atoms with Crippen molar-refractivity contribution in [2.75, 3.05) is 13.1 Å². The van der Waals surface area contributed by atoms with Crippen molar-refractivity contribution in [3.63, 3.8) is 0 Å². The van der Waals surface area contributed by atoms with Gasteiger partial charge in [0, 0.05) is 30.5 Å². The minimum atomic E-state index is -0.931. The first-order chi connectivity index (χ1) is 16.0. The number of ether oxygens (including phenoxy) is 1. The fraction of sp³-hybridized carbons (Fsp3) is 0.600. The number of aromatic amines is 1. The summed E-state index contributed by atoms with van der Waals surface area (Å²) < 4.78 is 6.49. The van der Waals surface area contributed by atoms with E-state index in [0.717, 1.165) is 37.4 Å². The Kier molecular flexibility index (Phi) is 4.05. The largest absolute Gasteiger partial charge is 0.504 e. The SMILES string of the molecule is O=C(Cc1ncc[nH]1)N[C@H]1CC[C@@]2(O)[C@H]3Cc4ccc(O)c5c4[C@@]2(CCN3CC2CC2)[C@H]1O5. The summed E-state index contributed by atoms with van der Waals surface area (Å²) in [6.45, 7) is 1.96. The lowest BCUT2D eigenvalue weighted by Crippen LogP contribution is -2.78. The number of amides is 1. The van der Waals surface area contributed by atoms with Gasteiger partial charge in [-0.25, -0.2) is 4.98 Å². The van der Waals surface area contributed by atoms with Crippen molar-refractivity contribution >= 4 is 5.91 Å². The molecular formula is C25H30N4O4. The van der Waals surface area contributed by atoms with Crippen molar-refractivity contribution in [1.29, 1.82) is 0 Å². The molecule has 3 fully saturated rings. The van der Waals surface area contributed by atoms with Crippen LogP contribution in [0.2, 0.25) is 0 Å². The zero-order chi connectivity index (χ0) is 22.4. The number of phenols is 1. The Morgan fingerprint density at radius 2 is 2.18 bits per heavy atom. The molecule has 1 aromatic heterocycles. The van der Waals surface area contributed by atoms with Gasteiger partial charge in [0.05, 0.1) is 23.5 Å². The monoisotopic (exact) mass is 450 g/mol. The number of carbonyl (C=O) groups excluding carboxylic acids is 1. The molecule has 5 aliphatic rings. The summed E-state index contributed by atoms with van der Waals surface area (Å²) in [6, 6.07) is 3.54. The van der Waals surface area contributed by atoms with Gasteiger partial charge in [0.1, 0.15) is 11.9 Å². The first kappa shape index (κ1) is 19.9. The lowest BCUT2D eigenvalue weighted by molar-refractivity contribution is -0.192. The van der Waals surface area contributed by atoms with Gasteiger partial charge in [-0.1, -0.05) is 6.07 Å². The number of aromatic hydroxyl groups is 1. The number of phenolic OH excluding ortho intramolecular Hbond substituents is 1. The molecule has 2 aliphatic heterocycles. The molecule has 3 aliphatic carbocycles. The Hall–Kier alpha value is -2.58. The van der Waals surface area contributed by atoms with Gasteiger partial charge in [-0.2, -0.15) is 0 Å². The summed E-state index contributed by atoms with van der Waals surface area (Å²) in [5.41, 5.74) is 0.615. The molecule has 8 nitrogen and oxygen atoms in total. The molecule has 1 amide bonds. The summed E-state index contributed by atoms with van der Waals surface area (Å²) in [5, 5.41) is 26.3. The Labute approximate surface area is 192 Å². The highest BCUT2D eigenvalue weighted by Crippen LogP contribution is 2.65. The van der Waals surface area contributed by atoms with Crippen LogP contribution in [0, 0.1) is 5.92 Å². The molecular weight excluding hydrogens is 420 g/mol. The van der Waals surface area contributed by atoms with Crippen LogP contribution in [0.1, 0.15) is 49.1 Å². The van der Waals surface area contributed by atoms with Crippen LogP contribution in [0.5, 0.6) is 11.5 Å². The fourth-order valence-electron chi connectivity index (χ4n) is 7.43. The molecule has 2 aromatic rings. The van der Waals surface area contributed by atoms with E-state index >= 15 is 0 Å². The number of likely N-dealkylation sites (tertiary alicyclic amines) is 1. The third-order valence-corrected chi connectivity index (χ3v) is 8.99. The van der Waals surface area contributed by atoms with Crippen LogP contribution in [-0.4, -0.2) is 67.9 Å². The highest BCUT2D eigenvalue weighted by Gasteiger charge is 2.73. The average molecular weight is 451 g/mol. The number of nitrogens with one attached hydrogen (secondary N) is 2. The molecule has 5 atom stereocenters. The second-order valence-electron chi connectivity index (χ2n) is 10.7. The van der Waals surface area contributed by atoms with Crippen LogP contribution in [-0.2, 0) is 23.1 Å². The van der Waals surface area contributed by atoms with E-state index in [1.165, 1.54) is 18.4 Å². The number of nitrogens with zero attached hydrogens (tertiary/aromatic N) is 2. The van der Waals surface area contributed by atoms with Crippen LogP contribution in [0.15, 0.2) is 24.5 Å². The molecule has 1 spiro atoms. The fourth-order valence-corrected chi connectivity index (χ4v) is 7.43. The van der Waals surface area contributed by atoms with Crippen molar-refractivity contribution < 1.29 is 19.7 Å². The van der Waals surface area contributed by atoms with Crippen LogP contribution >= 0.6 is 0 Å². The Balaban J connectivity index is 1.27. The predicted molar refractivity (Wildman–Crippen MR) is 119 cm³/mol. The standard InChI is InChI=1S/C25H30N4O4/c30-17-4-3-15-11-18-25(32)6-5-16(28-20(31)12-19-26-8-9-27-19)23-24(25,21(15)22(17)33-23)7-10-29(18)13-14-1-2-14/h3-4,8-9,14,16,18,23,30,32H,1-2,5-7,10-13H2,(H,26,27)(H,28,31)/t16-,18+,23-,24-,25+/m0/s1. The zero-order valence-corrected chi connectivity index (χ0v) is 18.6. The van der Waals surface area contributed by atoms with Crippen LogP contribution < -0.4 is 10.1 Å². The molecule has 3 heterocycles. The normalized spacial score (nSPS) is 36.2. The quantitative estimate of drug-likeness (QED) is 0.548. The van der Waals surface area contributed by atoms with Crippen LogP contribution in [0.4, 0.5) is 0 Å². The van der Waals surface area contributed by atoms with Crippen molar-refractivity contribution in [3.8, 4) is 11.5 Å². The van der Waals surface area contributed by atoms with E-state index in [4.69, 9.17) is 4.74 Å². The molecule has 0 radical (unpaired) electrons. The molecule has 1 aromatic carbocycles. The Morgan fingerprint density at radius 1 is 1.30 bits per heavy atom. The highest BCUT2D eigenvalue weighted by atomic mass is 16.5. The maximum absolute atomic E-state index is 12.9. The van der Waals surface area contributed by atoms with Gasteiger partial charge in [0.2, 0.25) is 5.91 Å². The van der Waals surface area contributed by atoms with E-state index in [1.54, 1.807) is 18.5 Å². The zero-order valence-electron chi connectivity index (χ0n) is 18.6. The van der Waals surface area contributed by atoms with Gasteiger partial charge in [0.15, 0.2) is 11.5 Å². The molecule has 7 rings (SSSR count). The molecule has 174 valence electrons. The van der Waals surface area contributed by atoms with E-state index in [-0.39, 0.29) is 30.2 Å². The van der Waals surface area contributed by atoms with Crippen molar-refractivity contribution in [2.24, 2.45) is 5.92 Å². The van der Waals surface area contributed by atoms with Gasteiger partial charge < -0.3 is 25.3 Å². The van der Waals surface area contributed by atoms with Crippen LogP contribution in [0.3, 0.4) is 0 Å². The maximum atomic E-state index is 12.9. The second-order valence-corrected chi connectivity index (χ2v) is 10.7. The number of rotatable bonds is 5. The van der Waals surface area contributed by atoms with Gasteiger partial charge in [0.25, 0.3) is 0 Å². The third kappa shape index (κ3) is 2.65. The van der Waals surface area contributed by atoms with Crippen molar-refractivity contribution in [1.82, 2.24) is 20.2 Å². The summed E-state index contributed by atoms with van der Waals surface area (Å²) >= 11 is 0. The molecule has 0 unspecified atom stereocenters. The van der Waals surface area contributed by atoms with E-state index in [1.807, 2.05) is 6.07 Å². The van der Waals surface area contributed by atoms with E-state index < -0.39 is 17.1 Å². The average Bonchev–Trinajstić information content (AvgIpc) is 3.31. The predicted octanol–water partition coefficient (Wildman–Crippen LogP) is 1.41. The van der Waals surface area contributed by atoms with Gasteiger partial charge in [-0.15, -0.1) is 0 Å². The summed E-state index contributed by atoms with van der Waals surface area (Å²) in [5.74, 6) is 1.91. The van der Waals surface area contributed by atoms with E-state index in [2.05, 4.69) is 20.2 Å². The summed E-state index contributed by atoms with van der Waals surface area (Å²) in [7, 11) is 0. The molecule has 33 heavy (non-hydrogen) atoms. The molecule has 1 saturated heterocycles. The number of imidazole rings is 1. The highest BCUT2D eigenvalue weighted by molar-refractivity contribution is 5.78. The van der Waals surface area contributed by atoms with Crippen molar-refractivity contribution in [3.05, 3.63) is 41.5 Å². The van der Waals surface area contributed by atoms with Gasteiger partial charge in [-0.05, 0) is 62.6 Å². The second kappa shape index (κ2) is 6.73. The number of piperidine rings is 1. The lowest BCUT2D eigenvalue weighted by atomic mass is 9.48. The minimum absolute atomic E-state index is 0.0423. The molecule has 4 N–H and O–H groups in total. The molecule has 8 heteroatoms. The van der Waals surface area contributed by atoms with Crippen molar-refractivity contribution in [2.45, 2.75) is 74.1 Å². The Bertz CT molecular complexity index is 1120. The topological polar surface area (TPSA) is 111 Å². The summed E-state index contributed by atoms with van der Waals surface area (Å²) in [4.78, 5) is 22.5. The van der Waals surface area contributed by atoms with Crippen LogP contribution in [0.25, 0.3) is 0 Å². The summed E-state index contributed by atoms with van der Waals surface area (Å²) in [6.07, 6.45) is 8.50. The number of carbonyl (C=O) groups is 1. The first-order valence-electron chi connectivity index (χ1n) is 12.3. The number of benzene rings is 1. The number of aromatic nitrogens is 2. The third-order valence-electron chi connectivity index (χ3n) is 8.99. The first-order valence-corrected chi connectivity index (χ1v) is 12.3. The maximum Gasteiger partial charge on any atom is 0.227 e. The number of hydrogen-bond acceptors (Lipinski definition) is 6. The number of H-pyrrole nitrogens is 1. The number of hydrogen-bond donors (Lipinski definition) is 4. The molecule has 2 bridgehead atoms. The smallest absolute Gasteiger partial charge is 0.227 e. The number of aliphatic hydroxyl groups is 1. The minimum Gasteiger partial charge on any atom is -0.504 e. The Morgan fingerprint density at radius 3 is 2.97 bits per heavy atom. The van der Waals surface area contributed by atoms with Gasteiger partial charge in [-0.3, -0.25) is 9.69 Å².